The second-order valence-corrected chi connectivity index (χ2v) is 5.30. The molecule has 0 aromatic carbocycles. The fourth-order valence-electron chi connectivity index (χ4n) is 2.21. The molecule has 1 aromatic rings. The van der Waals surface area contributed by atoms with E-state index in [2.05, 4.69) is 27.6 Å². The molecule has 0 radical (unpaired) electrons. The van der Waals surface area contributed by atoms with Gasteiger partial charge in [0.25, 0.3) is 0 Å². The van der Waals surface area contributed by atoms with E-state index in [1.54, 1.807) is 0 Å². The van der Waals surface area contributed by atoms with Gasteiger partial charge in [0.15, 0.2) is 5.16 Å². The Bertz CT molecular complexity index is 362. The minimum absolute atomic E-state index is 0.528. The van der Waals surface area contributed by atoms with Crippen molar-refractivity contribution in [2.75, 3.05) is 17.0 Å². The van der Waals surface area contributed by atoms with Gasteiger partial charge in [0.2, 0.25) is 0 Å². The van der Waals surface area contributed by atoms with E-state index in [0.29, 0.717) is 11.9 Å². The summed E-state index contributed by atoms with van der Waals surface area (Å²) in [6.45, 7) is 2.29. The normalized spacial score (nSPS) is 23.7. The number of hydrazine groups is 1. The number of aromatic nitrogens is 2. The molecular formula is C11H19N5S. The summed E-state index contributed by atoms with van der Waals surface area (Å²) < 4.78 is 0. The molecule has 0 spiro atoms. The van der Waals surface area contributed by atoms with Crippen LogP contribution in [0, 0.1) is 5.92 Å². The predicted octanol–water partition coefficient (Wildman–Crippen LogP) is 2.08. The molecule has 17 heavy (non-hydrogen) atoms. The molecule has 1 heterocycles. The molecular weight excluding hydrogens is 234 g/mol. The third-order valence-corrected chi connectivity index (χ3v) is 3.63. The van der Waals surface area contributed by atoms with Crippen LogP contribution in [0.2, 0.25) is 0 Å². The highest BCUT2D eigenvalue weighted by Crippen LogP contribution is 2.27. The SMILES string of the molecule is CSc1nc(NN)cc(NC2CCC(C)C2)n1. The van der Waals surface area contributed by atoms with E-state index in [1.165, 1.54) is 31.0 Å². The van der Waals surface area contributed by atoms with E-state index in [1.807, 2.05) is 12.3 Å². The molecule has 0 saturated heterocycles. The van der Waals surface area contributed by atoms with Crippen molar-refractivity contribution in [3.8, 4) is 0 Å². The summed E-state index contributed by atoms with van der Waals surface area (Å²) in [5, 5.41) is 4.19. The van der Waals surface area contributed by atoms with Crippen LogP contribution in [0.25, 0.3) is 0 Å². The van der Waals surface area contributed by atoms with Gasteiger partial charge in [0.05, 0.1) is 0 Å². The van der Waals surface area contributed by atoms with Crippen LogP contribution in [0.1, 0.15) is 26.2 Å². The number of rotatable bonds is 4. The van der Waals surface area contributed by atoms with Crippen LogP contribution in [0.5, 0.6) is 0 Å². The van der Waals surface area contributed by atoms with Crippen molar-refractivity contribution < 1.29 is 0 Å². The minimum atomic E-state index is 0.528. The van der Waals surface area contributed by atoms with E-state index < -0.39 is 0 Å². The first-order valence-corrected chi connectivity index (χ1v) is 7.10. The fraction of sp³-hybridized carbons (Fsp3) is 0.636. The largest absolute Gasteiger partial charge is 0.367 e. The van der Waals surface area contributed by atoms with Gasteiger partial charge in [-0.3, -0.25) is 0 Å². The molecule has 2 unspecified atom stereocenters. The van der Waals surface area contributed by atoms with Crippen molar-refractivity contribution in [3.63, 3.8) is 0 Å². The quantitative estimate of drug-likeness (QED) is 0.330. The predicted molar refractivity (Wildman–Crippen MR) is 72.0 cm³/mol. The lowest BCUT2D eigenvalue weighted by Gasteiger charge is -2.14. The highest BCUT2D eigenvalue weighted by Gasteiger charge is 2.21. The Morgan fingerprint density at radius 3 is 2.71 bits per heavy atom. The van der Waals surface area contributed by atoms with Crippen LogP contribution in [0.4, 0.5) is 11.6 Å². The van der Waals surface area contributed by atoms with E-state index >= 15 is 0 Å². The number of hydrogen-bond donors (Lipinski definition) is 3. The Labute approximate surface area is 106 Å². The average Bonchev–Trinajstić information content (AvgIpc) is 2.74. The number of thioether (sulfide) groups is 1. The molecule has 94 valence electrons. The number of nitrogens with zero attached hydrogens (tertiary/aromatic N) is 2. The summed E-state index contributed by atoms with van der Waals surface area (Å²) >= 11 is 1.51. The third kappa shape index (κ3) is 3.23. The number of anilines is 2. The molecule has 6 heteroatoms. The Morgan fingerprint density at radius 2 is 2.12 bits per heavy atom. The first-order valence-electron chi connectivity index (χ1n) is 5.87. The first-order chi connectivity index (χ1) is 8.21. The van der Waals surface area contributed by atoms with Gasteiger partial charge < -0.3 is 10.7 Å². The summed E-state index contributed by atoms with van der Waals surface area (Å²) in [6.07, 6.45) is 5.67. The molecule has 2 rings (SSSR count). The molecule has 0 aliphatic heterocycles. The zero-order valence-corrected chi connectivity index (χ0v) is 11.0. The van der Waals surface area contributed by atoms with Gasteiger partial charge in [-0.05, 0) is 31.4 Å². The zero-order valence-electron chi connectivity index (χ0n) is 10.2. The smallest absolute Gasteiger partial charge is 0.191 e. The lowest BCUT2D eigenvalue weighted by atomic mass is 10.1. The van der Waals surface area contributed by atoms with E-state index in [4.69, 9.17) is 5.84 Å². The highest BCUT2D eigenvalue weighted by atomic mass is 32.2. The maximum Gasteiger partial charge on any atom is 0.191 e. The third-order valence-electron chi connectivity index (χ3n) is 3.08. The van der Waals surface area contributed by atoms with Crippen molar-refractivity contribution >= 4 is 23.4 Å². The van der Waals surface area contributed by atoms with Crippen LogP contribution in [0.3, 0.4) is 0 Å². The van der Waals surface area contributed by atoms with Crippen LogP contribution in [0.15, 0.2) is 11.2 Å². The van der Waals surface area contributed by atoms with Gasteiger partial charge in [0, 0.05) is 12.1 Å². The van der Waals surface area contributed by atoms with Crippen molar-refractivity contribution in [2.45, 2.75) is 37.4 Å². The van der Waals surface area contributed by atoms with E-state index in [-0.39, 0.29) is 0 Å². The van der Waals surface area contributed by atoms with Gasteiger partial charge in [-0.25, -0.2) is 15.8 Å². The maximum atomic E-state index is 5.40. The standard InChI is InChI=1S/C11H19N5S/c1-7-3-4-8(5-7)13-9-6-10(16-12)15-11(14-9)17-2/h6-8H,3-5,12H2,1-2H3,(H2,13,14,15,16). The lowest BCUT2D eigenvalue weighted by molar-refractivity contribution is 0.602. The average molecular weight is 253 g/mol. The summed E-state index contributed by atoms with van der Waals surface area (Å²) in [7, 11) is 0. The van der Waals surface area contributed by atoms with Crippen molar-refractivity contribution in [1.29, 1.82) is 0 Å². The van der Waals surface area contributed by atoms with Gasteiger partial charge >= 0.3 is 0 Å². The molecule has 0 amide bonds. The second kappa shape index (κ2) is 5.55. The van der Waals surface area contributed by atoms with Crippen LogP contribution < -0.4 is 16.6 Å². The number of nitrogen functional groups attached to an aromatic ring is 1. The van der Waals surface area contributed by atoms with E-state index in [0.717, 1.165) is 16.9 Å². The molecule has 1 saturated carbocycles. The van der Waals surface area contributed by atoms with Gasteiger partial charge in [-0.2, -0.15) is 0 Å². The lowest BCUT2D eigenvalue weighted by Crippen LogP contribution is -2.17. The first kappa shape index (κ1) is 12.4. The highest BCUT2D eigenvalue weighted by molar-refractivity contribution is 7.98. The van der Waals surface area contributed by atoms with Gasteiger partial charge in [-0.1, -0.05) is 18.7 Å². The minimum Gasteiger partial charge on any atom is -0.367 e. The van der Waals surface area contributed by atoms with Crippen LogP contribution >= 0.6 is 11.8 Å². The fourth-order valence-corrected chi connectivity index (χ4v) is 2.59. The summed E-state index contributed by atoms with van der Waals surface area (Å²) in [4.78, 5) is 8.67. The molecule has 4 N–H and O–H groups in total. The zero-order chi connectivity index (χ0) is 12.3. The number of nitrogens with two attached hydrogens (primary N) is 1. The van der Waals surface area contributed by atoms with Crippen molar-refractivity contribution in [1.82, 2.24) is 9.97 Å². The van der Waals surface area contributed by atoms with Crippen LogP contribution in [-0.4, -0.2) is 22.3 Å². The van der Waals surface area contributed by atoms with Crippen LogP contribution in [-0.2, 0) is 0 Å². The summed E-state index contributed by atoms with van der Waals surface area (Å²) in [5.41, 5.74) is 2.57. The summed E-state index contributed by atoms with van der Waals surface area (Å²) in [5.74, 6) is 7.71. The topological polar surface area (TPSA) is 75.9 Å². The van der Waals surface area contributed by atoms with Crippen molar-refractivity contribution in [3.05, 3.63) is 6.07 Å². The molecule has 1 aliphatic carbocycles. The Kier molecular flexibility index (Phi) is 4.06. The molecule has 1 aromatic heterocycles. The molecule has 2 atom stereocenters. The monoisotopic (exact) mass is 253 g/mol. The molecule has 1 aliphatic rings. The molecule has 1 fully saturated rings. The number of nitrogens with one attached hydrogen (secondary N) is 2. The van der Waals surface area contributed by atoms with Gasteiger partial charge in [-0.15, -0.1) is 0 Å². The second-order valence-electron chi connectivity index (χ2n) is 4.53. The Hall–Kier alpha value is -1.01. The van der Waals surface area contributed by atoms with Gasteiger partial charge in [0.1, 0.15) is 11.6 Å². The summed E-state index contributed by atoms with van der Waals surface area (Å²) in [6, 6.07) is 2.38. The molecule has 0 bridgehead atoms. The maximum absolute atomic E-state index is 5.40. The molecule has 5 nitrogen and oxygen atoms in total. The van der Waals surface area contributed by atoms with E-state index in [9.17, 15) is 0 Å². The Morgan fingerprint density at radius 1 is 1.35 bits per heavy atom. The Balaban J connectivity index is 2.09. The van der Waals surface area contributed by atoms with Crippen molar-refractivity contribution in [2.24, 2.45) is 11.8 Å². The number of hydrogen-bond acceptors (Lipinski definition) is 6.